The minimum atomic E-state index is -0.468. The van der Waals surface area contributed by atoms with E-state index in [9.17, 15) is 4.79 Å². The van der Waals surface area contributed by atoms with Crippen molar-refractivity contribution in [1.82, 2.24) is 0 Å². The predicted octanol–water partition coefficient (Wildman–Crippen LogP) is 1.01. The van der Waals surface area contributed by atoms with E-state index < -0.39 is 6.04 Å². The Morgan fingerprint density at radius 1 is 1.55 bits per heavy atom. The van der Waals surface area contributed by atoms with E-state index in [1.165, 1.54) is 7.11 Å². The molecule has 108 valence electrons. The van der Waals surface area contributed by atoms with Gasteiger partial charge in [-0.15, -0.1) is 0 Å². The largest absolute Gasteiger partial charge is 0.467 e. The highest BCUT2D eigenvalue weighted by molar-refractivity contribution is 7.80. The van der Waals surface area contributed by atoms with Crippen molar-refractivity contribution in [3.63, 3.8) is 0 Å². The van der Waals surface area contributed by atoms with Gasteiger partial charge < -0.3 is 20.1 Å². The second kappa shape index (κ2) is 6.19. The molecule has 0 bridgehead atoms. The molecule has 6 heteroatoms. The monoisotopic (exact) mass is 294 g/mol. The van der Waals surface area contributed by atoms with E-state index in [4.69, 9.17) is 27.4 Å². The summed E-state index contributed by atoms with van der Waals surface area (Å²) in [4.78, 5) is 14.2. The maximum atomic E-state index is 11.9. The molecular formula is C14H18N2O3S. The maximum absolute atomic E-state index is 11.9. The summed E-state index contributed by atoms with van der Waals surface area (Å²) in [7, 11) is 1.37. The summed E-state index contributed by atoms with van der Waals surface area (Å²) < 4.78 is 10.2. The van der Waals surface area contributed by atoms with Crippen LogP contribution >= 0.6 is 12.2 Å². The Bertz CT molecular complexity index is 533. The Hall–Kier alpha value is -1.66. The van der Waals surface area contributed by atoms with Crippen molar-refractivity contribution >= 4 is 28.9 Å². The van der Waals surface area contributed by atoms with Gasteiger partial charge >= 0.3 is 5.97 Å². The van der Waals surface area contributed by atoms with Crippen molar-refractivity contribution in [2.24, 2.45) is 5.73 Å². The van der Waals surface area contributed by atoms with Crippen LogP contribution in [0.25, 0.3) is 0 Å². The van der Waals surface area contributed by atoms with Gasteiger partial charge in [0.1, 0.15) is 4.99 Å². The van der Waals surface area contributed by atoms with Gasteiger partial charge in [-0.25, -0.2) is 4.79 Å². The van der Waals surface area contributed by atoms with Crippen molar-refractivity contribution in [2.45, 2.75) is 13.0 Å². The first-order valence-electron chi connectivity index (χ1n) is 6.37. The molecule has 0 aromatic heterocycles. The fourth-order valence-electron chi connectivity index (χ4n) is 2.32. The number of esters is 1. The smallest absolute Gasteiger partial charge is 0.330 e. The van der Waals surface area contributed by atoms with Crippen LogP contribution in [0.15, 0.2) is 18.2 Å². The number of methoxy groups -OCH3 is 1. The topological polar surface area (TPSA) is 64.8 Å². The molecule has 1 atom stereocenters. The Balaban J connectivity index is 2.42. The molecule has 0 spiro atoms. The fourth-order valence-corrected chi connectivity index (χ4v) is 2.48. The second-order valence-electron chi connectivity index (χ2n) is 4.69. The number of carbonyl (C=O) groups excluding carboxylic acids is 1. The van der Waals surface area contributed by atoms with Gasteiger partial charge in [-0.1, -0.05) is 23.8 Å². The highest BCUT2D eigenvalue weighted by atomic mass is 32.1. The third-order valence-corrected chi connectivity index (χ3v) is 3.55. The molecule has 1 aromatic rings. The highest BCUT2D eigenvalue weighted by Crippen LogP contribution is 2.26. The molecule has 0 radical (unpaired) electrons. The summed E-state index contributed by atoms with van der Waals surface area (Å²) in [6, 6.07) is 5.37. The van der Waals surface area contributed by atoms with Crippen molar-refractivity contribution in [3.05, 3.63) is 29.3 Å². The zero-order valence-corrected chi connectivity index (χ0v) is 12.4. The lowest BCUT2D eigenvalue weighted by atomic mass is 10.1. The molecule has 5 nitrogen and oxygen atoms in total. The summed E-state index contributed by atoms with van der Waals surface area (Å²) >= 11 is 5.11. The molecule has 1 heterocycles. The molecular weight excluding hydrogens is 276 g/mol. The molecule has 0 amide bonds. The van der Waals surface area contributed by atoms with E-state index >= 15 is 0 Å². The van der Waals surface area contributed by atoms with Crippen LogP contribution in [0.5, 0.6) is 0 Å². The molecule has 20 heavy (non-hydrogen) atoms. The van der Waals surface area contributed by atoms with Crippen LogP contribution in [0, 0.1) is 6.92 Å². The summed E-state index contributed by atoms with van der Waals surface area (Å²) in [5.41, 5.74) is 8.49. The van der Waals surface area contributed by atoms with Gasteiger partial charge in [-0.2, -0.15) is 0 Å². The van der Waals surface area contributed by atoms with Gasteiger partial charge in [-0.3, -0.25) is 0 Å². The van der Waals surface area contributed by atoms with Gasteiger partial charge in [0.2, 0.25) is 0 Å². The number of carbonyl (C=O) groups is 1. The number of ether oxygens (including phenoxy) is 2. The molecule has 1 fully saturated rings. The van der Waals surface area contributed by atoms with Gasteiger partial charge in [-0.05, 0) is 19.1 Å². The highest BCUT2D eigenvalue weighted by Gasteiger charge is 2.31. The Kier molecular flexibility index (Phi) is 4.57. The molecule has 1 unspecified atom stereocenters. The summed E-state index contributed by atoms with van der Waals surface area (Å²) in [6.45, 7) is 3.43. The fraction of sp³-hybridized carbons (Fsp3) is 0.429. The zero-order valence-electron chi connectivity index (χ0n) is 11.6. The van der Waals surface area contributed by atoms with Gasteiger partial charge in [0.25, 0.3) is 0 Å². The van der Waals surface area contributed by atoms with Crippen LogP contribution in [0.4, 0.5) is 5.69 Å². The quantitative estimate of drug-likeness (QED) is 0.663. The molecule has 0 aliphatic carbocycles. The standard InChI is InChI=1S/C14H18N2O3S/c1-9-3-4-11(10(7-9)13(15)20)16-5-6-19-8-12(16)14(17)18-2/h3-4,7,12H,5-6,8H2,1-2H3,(H2,15,20). The minimum Gasteiger partial charge on any atom is -0.467 e. The van der Waals surface area contributed by atoms with Crippen molar-refractivity contribution < 1.29 is 14.3 Å². The number of thiocarbonyl (C=S) groups is 1. The molecule has 0 saturated carbocycles. The third-order valence-electron chi connectivity index (χ3n) is 3.33. The van der Waals surface area contributed by atoms with Crippen LogP contribution in [0.3, 0.4) is 0 Å². The lowest BCUT2D eigenvalue weighted by Crippen LogP contribution is -2.51. The first-order valence-corrected chi connectivity index (χ1v) is 6.78. The zero-order chi connectivity index (χ0) is 14.7. The van der Waals surface area contributed by atoms with Crippen molar-refractivity contribution in [3.8, 4) is 0 Å². The van der Waals surface area contributed by atoms with Crippen molar-refractivity contribution in [2.75, 3.05) is 31.8 Å². The van der Waals surface area contributed by atoms with E-state index in [2.05, 4.69) is 0 Å². The average Bonchev–Trinajstić information content (AvgIpc) is 2.46. The number of morpholine rings is 1. The number of hydrogen-bond acceptors (Lipinski definition) is 5. The van der Waals surface area contributed by atoms with Crippen molar-refractivity contribution in [1.29, 1.82) is 0 Å². The van der Waals surface area contributed by atoms with Gasteiger partial charge in [0, 0.05) is 17.8 Å². The Labute approximate surface area is 123 Å². The van der Waals surface area contributed by atoms with Crippen LogP contribution in [0.2, 0.25) is 0 Å². The van der Waals surface area contributed by atoms with Crippen LogP contribution in [-0.2, 0) is 14.3 Å². The van der Waals surface area contributed by atoms with E-state index in [1.807, 2.05) is 30.0 Å². The first-order chi connectivity index (χ1) is 9.54. The SMILES string of the molecule is COC(=O)C1COCCN1c1ccc(C)cc1C(N)=S. The number of rotatable bonds is 3. The lowest BCUT2D eigenvalue weighted by Gasteiger charge is -2.36. The minimum absolute atomic E-state index is 0.303. The molecule has 2 rings (SSSR count). The van der Waals surface area contributed by atoms with Crippen LogP contribution in [-0.4, -0.2) is 43.9 Å². The summed E-state index contributed by atoms with van der Waals surface area (Å²) in [5.74, 6) is -0.320. The molecule has 1 aliphatic rings. The molecule has 1 aliphatic heterocycles. The lowest BCUT2D eigenvalue weighted by molar-refractivity contribution is -0.144. The van der Waals surface area contributed by atoms with E-state index in [-0.39, 0.29) is 5.97 Å². The number of anilines is 1. The van der Waals surface area contributed by atoms with Crippen LogP contribution < -0.4 is 10.6 Å². The van der Waals surface area contributed by atoms with E-state index in [0.29, 0.717) is 24.7 Å². The molecule has 2 N–H and O–H groups in total. The second-order valence-corrected chi connectivity index (χ2v) is 5.13. The Morgan fingerprint density at radius 2 is 2.30 bits per heavy atom. The first kappa shape index (κ1) is 14.7. The summed E-state index contributed by atoms with van der Waals surface area (Å²) in [5, 5.41) is 0. The number of aryl methyl sites for hydroxylation is 1. The number of hydrogen-bond donors (Lipinski definition) is 1. The summed E-state index contributed by atoms with van der Waals surface area (Å²) in [6.07, 6.45) is 0. The average molecular weight is 294 g/mol. The molecule has 1 saturated heterocycles. The normalized spacial score (nSPS) is 18.7. The Morgan fingerprint density at radius 3 is 2.95 bits per heavy atom. The maximum Gasteiger partial charge on any atom is 0.330 e. The van der Waals surface area contributed by atoms with Gasteiger partial charge in [0.15, 0.2) is 6.04 Å². The number of nitrogens with two attached hydrogens (primary N) is 1. The number of benzene rings is 1. The molecule has 1 aromatic carbocycles. The van der Waals surface area contributed by atoms with Gasteiger partial charge in [0.05, 0.1) is 20.3 Å². The van der Waals surface area contributed by atoms with Crippen LogP contribution in [0.1, 0.15) is 11.1 Å². The van der Waals surface area contributed by atoms with E-state index in [0.717, 1.165) is 16.8 Å². The number of nitrogens with zero attached hydrogens (tertiary/aromatic N) is 1. The van der Waals surface area contributed by atoms with E-state index in [1.54, 1.807) is 0 Å². The predicted molar refractivity (Wildman–Crippen MR) is 81.0 cm³/mol. The third kappa shape index (κ3) is 2.91.